The van der Waals surface area contributed by atoms with E-state index in [4.69, 9.17) is 4.74 Å². The van der Waals surface area contributed by atoms with Gasteiger partial charge in [-0.05, 0) is 43.2 Å². The molecule has 3 aromatic heterocycles. The minimum absolute atomic E-state index is 0.190. The van der Waals surface area contributed by atoms with Crippen molar-refractivity contribution in [2.24, 2.45) is 0 Å². The number of ether oxygens (including phenoxy) is 1. The first kappa shape index (κ1) is 16.4. The first-order valence-corrected chi connectivity index (χ1v) is 8.61. The smallest absolute Gasteiger partial charge is 0.251 e. The van der Waals surface area contributed by atoms with Crippen LogP contribution < -0.4 is 5.56 Å². The highest BCUT2D eigenvalue weighted by Gasteiger charge is 2.17. The fraction of sp³-hybridized carbons (Fsp3) is 0.263. The predicted octanol–water partition coefficient (Wildman–Crippen LogP) is 2.55. The van der Waals surface area contributed by atoms with Gasteiger partial charge in [0.05, 0.1) is 17.4 Å². The van der Waals surface area contributed by atoms with Crippen molar-refractivity contribution >= 4 is 12.2 Å². The summed E-state index contributed by atoms with van der Waals surface area (Å²) in [5.41, 5.74) is 2.22. The molecule has 26 heavy (non-hydrogen) atoms. The van der Waals surface area contributed by atoms with E-state index >= 15 is 0 Å². The van der Waals surface area contributed by atoms with Crippen LogP contribution in [0.15, 0.2) is 47.7 Å². The van der Waals surface area contributed by atoms with Crippen LogP contribution in [0.2, 0.25) is 0 Å². The largest absolute Gasteiger partial charge is 0.381 e. The normalized spacial score (nSPS) is 15.5. The van der Waals surface area contributed by atoms with Gasteiger partial charge >= 0.3 is 0 Å². The van der Waals surface area contributed by atoms with E-state index in [1.807, 2.05) is 35.0 Å². The van der Waals surface area contributed by atoms with E-state index in [1.165, 1.54) is 6.07 Å². The molecule has 0 aliphatic carbocycles. The quantitative estimate of drug-likeness (QED) is 0.782. The molecule has 132 valence electrons. The number of nitrogens with one attached hydrogen (secondary N) is 1. The van der Waals surface area contributed by atoms with Gasteiger partial charge in [-0.2, -0.15) is 5.10 Å². The van der Waals surface area contributed by atoms with Gasteiger partial charge in [0.15, 0.2) is 0 Å². The summed E-state index contributed by atoms with van der Waals surface area (Å²) < 4.78 is 7.45. The maximum absolute atomic E-state index is 12.0. The zero-order valence-electron chi connectivity index (χ0n) is 14.2. The summed E-state index contributed by atoms with van der Waals surface area (Å²) in [7, 11) is 0. The summed E-state index contributed by atoms with van der Waals surface area (Å²) in [6.07, 6.45) is 10.8. The minimum Gasteiger partial charge on any atom is -0.381 e. The van der Waals surface area contributed by atoms with E-state index in [2.05, 4.69) is 20.1 Å². The SMILES string of the molecule is O=c1cc(/C=C/c2ccnn2C2CCOCC2)nc(-c2ccncc2)[nH]1. The second-order valence-electron chi connectivity index (χ2n) is 6.13. The van der Waals surface area contributed by atoms with E-state index in [9.17, 15) is 4.79 Å². The van der Waals surface area contributed by atoms with Gasteiger partial charge in [0.1, 0.15) is 5.82 Å². The van der Waals surface area contributed by atoms with Crippen LogP contribution in [-0.2, 0) is 4.74 Å². The maximum Gasteiger partial charge on any atom is 0.251 e. The Hall–Kier alpha value is -3.06. The summed E-state index contributed by atoms with van der Waals surface area (Å²) in [4.78, 5) is 23.3. The van der Waals surface area contributed by atoms with Crippen LogP contribution in [0.25, 0.3) is 23.5 Å². The zero-order valence-corrected chi connectivity index (χ0v) is 14.2. The van der Waals surface area contributed by atoms with Gasteiger partial charge in [0.25, 0.3) is 5.56 Å². The second kappa shape index (κ2) is 7.45. The van der Waals surface area contributed by atoms with E-state index in [0.29, 0.717) is 17.6 Å². The van der Waals surface area contributed by atoms with Gasteiger partial charge in [-0.1, -0.05) is 0 Å². The van der Waals surface area contributed by atoms with Crippen LogP contribution in [0.4, 0.5) is 0 Å². The van der Waals surface area contributed by atoms with Crippen LogP contribution in [-0.4, -0.2) is 37.9 Å². The highest BCUT2D eigenvalue weighted by Crippen LogP contribution is 2.22. The molecule has 3 aromatic rings. The summed E-state index contributed by atoms with van der Waals surface area (Å²) in [5, 5.41) is 4.45. The van der Waals surface area contributed by atoms with Crippen LogP contribution in [0.3, 0.4) is 0 Å². The maximum atomic E-state index is 12.0. The molecule has 1 aliphatic rings. The van der Waals surface area contributed by atoms with Crippen molar-refractivity contribution in [1.82, 2.24) is 24.7 Å². The number of hydrogen-bond acceptors (Lipinski definition) is 5. The Morgan fingerprint density at radius 2 is 1.92 bits per heavy atom. The fourth-order valence-corrected chi connectivity index (χ4v) is 3.07. The third-order valence-corrected chi connectivity index (χ3v) is 4.38. The molecule has 1 fully saturated rings. The predicted molar refractivity (Wildman–Crippen MR) is 98.3 cm³/mol. The first-order chi connectivity index (χ1) is 12.8. The number of pyridine rings is 1. The number of aromatic nitrogens is 5. The Morgan fingerprint density at radius 3 is 2.73 bits per heavy atom. The molecular formula is C19H19N5O2. The highest BCUT2D eigenvalue weighted by molar-refractivity contribution is 5.67. The van der Waals surface area contributed by atoms with Crippen molar-refractivity contribution in [2.45, 2.75) is 18.9 Å². The average molecular weight is 349 g/mol. The molecule has 0 spiro atoms. The van der Waals surface area contributed by atoms with Crippen molar-refractivity contribution in [3.05, 3.63) is 64.6 Å². The number of nitrogens with zero attached hydrogens (tertiary/aromatic N) is 4. The molecule has 0 amide bonds. The lowest BCUT2D eigenvalue weighted by atomic mass is 10.1. The number of hydrogen-bond donors (Lipinski definition) is 1. The molecule has 7 nitrogen and oxygen atoms in total. The van der Waals surface area contributed by atoms with Gasteiger partial charge in [-0.25, -0.2) is 4.98 Å². The molecule has 4 rings (SSSR count). The monoisotopic (exact) mass is 349 g/mol. The van der Waals surface area contributed by atoms with Crippen molar-refractivity contribution in [2.75, 3.05) is 13.2 Å². The lowest BCUT2D eigenvalue weighted by molar-refractivity contribution is 0.0661. The van der Waals surface area contributed by atoms with Crippen LogP contribution >= 0.6 is 0 Å². The summed E-state index contributed by atoms with van der Waals surface area (Å²) >= 11 is 0. The molecule has 0 unspecified atom stereocenters. The Balaban J connectivity index is 1.61. The van der Waals surface area contributed by atoms with Crippen molar-refractivity contribution in [1.29, 1.82) is 0 Å². The highest BCUT2D eigenvalue weighted by atomic mass is 16.5. The lowest BCUT2D eigenvalue weighted by Crippen LogP contribution is -2.21. The van der Waals surface area contributed by atoms with Crippen LogP contribution in [0.1, 0.15) is 30.3 Å². The Kier molecular flexibility index (Phi) is 4.70. The Bertz CT molecular complexity index is 955. The molecule has 0 bridgehead atoms. The summed E-state index contributed by atoms with van der Waals surface area (Å²) in [6, 6.07) is 7.41. The molecule has 4 heterocycles. The van der Waals surface area contributed by atoms with Crippen LogP contribution in [0, 0.1) is 0 Å². The van der Waals surface area contributed by atoms with Gasteiger partial charge in [0.2, 0.25) is 0 Å². The zero-order chi connectivity index (χ0) is 17.8. The van der Waals surface area contributed by atoms with Crippen molar-refractivity contribution in [3.8, 4) is 11.4 Å². The summed E-state index contributed by atoms with van der Waals surface area (Å²) in [6.45, 7) is 1.52. The number of aromatic amines is 1. The molecular weight excluding hydrogens is 330 g/mol. The van der Waals surface area contributed by atoms with Crippen molar-refractivity contribution in [3.63, 3.8) is 0 Å². The fourth-order valence-electron chi connectivity index (χ4n) is 3.07. The van der Waals surface area contributed by atoms with Gasteiger partial charge in [-0.15, -0.1) is 0 Å². The van der Waals surface area contributed by atoms with E-state index in [0.717, 1.165) is 37.3 Å². The molecule has 1 aliphatic heterocycles. The van der Waals surface area contributed by atoms with Gasteiger partial charge in [-0.3, -0.25) is 14.5 Å². The minimum atomic E-state index is -0.190. The molecule has 0 atom stereocenters. The Labute approximate surface area is 150 Å². The third-order valence-electron chi connectivity index (χ3n) is 4.38. The molecule has 1 saturated heterocycles. The molecule has 0 aromatic carbocycles. The van der Waals surface area contributed by atoms with Gasteiger partial charge < -0.3 is 9.72 Å². The molecule has 1 N–H and O–H groups in total. The van der Waals surface area contributed by atoms with Gasteiger partial charge in [0, 0.05) is 43.4 Å². The lowest BCUT2D eigenvalue weighted by Gasteiger charge is -2.23. The topological polar surface area (TPSA) is 85.7 Å². The number of rotatable bonds is 4. The molecule has 0 saturated carbocycles. The third kappa shape index (κ3) is 3.62. The van der Waals surface area contributed by atoms with E-state index in [1.54, 1.807) is 18.6 Å². The van der Waals surface area contributed by atoms with Crippen LogP contribution in [0.5, 0.6) is 0 Å². The standard InChI is InChI=1S/C19H19N5O2/c25-18-13-15(22-19(23-18)14-3-8-20-9-4-14)1-2-16-5-10-21-24(16)17-6-11-26-12-7-17/h1-5,8-10,13,17H,6-7,11-12H2,(H,22,23,25)/b2-1+. The van der Waals surface area contributed by atoms with E-state index < -0.39 is 0 Å². The first-order valence-electron chi connectivity index (χ1n) is 8.61. The molecule has 0 radical (unpaired) electrons. The van der Waals surface area contributed by atoms with E-state index in [-0.39, 0.29) is 5.56 Å². The number of H-pyrrole nitrogens is 1. The molecule has 7 heteroatoms. The Morgan fingerprint density at radius 1 is 1.12 bits per heavy atom. The van der Waals surface area contributed by atoms with Crippen molar-refractivity contribution < 1.29 is 4.74 Å². The second-order valence-corrected chi connectivity index (χ2v) is 6.13. The average Bonchev–Trinajstić information content (AvgIpc) is 3.16. The summed E-state index contributed by atoms with van der Waals surface area (Å²) in [5.74, 6) is 0.525.